The van der Waals surface area contributed by atoms with Gasteiger partial charge in [0.15, 0.2) is 0 Å². The van der Waals surface area contributed by atoms with Crippen molar-refractivity contribution >= 4 is 22.6 Å². The number of nitrogens with zero attached hydrogens (tertiary/aromatic N) is 2. The zero-order valence-corrected chi connectivity index (χ0v) is 13.1. The van der Waals surface area contributed by atoms with Crippen LogP contribution >= 0.6 is 22.6 Å². The second-order valence-corrected chi connectivity index (χ2v) is 7.22. The zero-order chi connectivity index (χ0) is 12.8. The Morgan fingerprint density at radius 3 is 2.42 bits per heavy atom. The van der Waals surface area contributed by atoms with Crippen molar-refractivity contribution < 1.29 is 4.74 Å². The monoisotopic (exact) mass is 373 g/mol. The number of piperazine rings is 1. The van der Waals surface area contributed by atoms with Crippen LogP contribution in [-0.2, 0) is 4.74 Å². The fraction of sp³-hybridized carbons (Fsp3) is 0.714. The van der Waals surface area contributed by atoms with E-state index in [1.165, 1.54) is 29.5 Å². The third-order valence-electron chi connectivity index (χ3n) is 4.83. The molecule has 0 saturated carbocycles. The van der Waals surface area contributed by atoms with E-state index in [0.717, 1.165) is 25.3 Å². The van der Waals surface area contributed by atoms with Crippen molar-refractivity contribution in [2.45, 2.75) is 37.1 Å². The van der Waals surface area contributed by atoms with E-state index in [9.17, 15) is 0 Å². The minimum Gasteiger partial charge on any atom is -0.378 e. The van der Waals surface area contributed by atoms with E-state index in [1.54, 1.807) is 0 Å². The highest BCUT2D eigenvalue weighted by Gasteiger charge is 2.46. The molecule has 0 radical (unpaired) electrons. The van der Waals surface area contributed by atoms with E-state index in [2.05, 4.69) is 56.1 Å². The van der Waals surface area contributed by atoms with Crippen molar-refractivity contribution in [1.29, 1.82) is 0 Å². The largest absolute Gasteiger partial charge is 0.378 e. The summed E-state index contributed by atoms with van der Waals surface area (Å²) >= 11 is 2.35. The Morgan fingerprint density at radius 2 is 1.89 bits per heavy atom. The maximum atomic E-state index is 5.38. The molecule has 0 aromatic heterocycles. The van der Waals surface area contributed by atoms with Crippen LogP contribution in [0.3, 0.4) is 0 Å². The normalized spacial score (nSPS) is 39.8. The smallest absolute Gasteiger partial charge is 0.0986 e. The lowest BCUT2D eigenvalue weighted by atomic mass is 10.1. The molecule has 1 N–H and O–H groups in total. The molecule has 19 heavy (non-hydrogen) atoms. The molecule has 2 bridgehead atoms. The molecule has 4 nitrogen and oxygen atoms in total. The third-order valence-corrected chi connectivity index (χ3v) is 5.50. The summed E-state index contributed by atoms with van der Waals surface area (Å²) < 4.78 is 6.66. The number of hydrogen-bond acceptors (Lipinski definition) is 4. The fourth-order valence-electron chi connectivity index (χ4n) is 3.87. The molecule has 3 saturated heterocycles. The molecule has 4 rings (SSSR count). The third kappa shape index (κ3) is 2.24. The number of dihydropyridines is 1. The lowest BCUT2D eigenvalue weighted by molar-refractivity contribution is -0.103. The summed E-state index contributed by atoms with van der Waals surface area (Å²) in [6.07, 6.45) is 9.75. The lowest BCUT2D eigenvalue weighted by Crippen LogP contribution is -2.64. The summed E-state index contributed by atoms with van der Waals surface area (Å²) in [5.41, 5.74) is 0. The summed E-state index contributed by atoms with van der Waals surface area (Å²) in [4.78, 5) is 5.36. The van der Waals surface area contributed by atoms with Gasteiger partial charge in [0.1, 0.15) is 0 Å². The molecule has 0 aromatic carbocycles. The van der Waals surface area contributed by atoms with Crippen LogP contribution in [0.2, 0.25) is 0 Å². The van der Waals surface area contributed by atoms with Gasteiger partial charge in [-0.2, -0.15) is 0 Å². The molecule has 4 aliphatic rings. The van der Waals surface area contributed by atoms with Gasteiger partial charge in [0.25, 0.3) is 0 Å². The summed E-state index contributed by atoms with van der Waals surface area (Å²) in [7, 11) is 0. The molecule has 3 unspecified atom stereocenters. The number of allylic oxidation sites excluding steroid dienone is 2. The number of rotatable bonds is 2. The predicted octanol–water partition coefficient (Wildman–Crippen LogP) is 1.30. The van der Waals surface area contributed by atoms with E-state index in [0.29, 0.717) is 12.2 Å². The van der Waals surface area contributed by atoms with E-state index < -0.39 is 0 Å². The number of ether oxygens (including phenoxy) is 1. The van der Waals surface area contributed by atoms with Gasteiger partial charge in [-0.05, 0) is 47.6 Å². The van der Waals surface area contributed by atoms with Gasteiger partial charge in [0.05, 0.1) is 25.4 Å². The average molecular weight is 373 g/mol. The molecule has 4 heterocycles. The van der Waals surface area contributed by atoms with Crippen LogP contribution in [0, 0.1) is 0 Å². The average Bonchev–Trinajstić information content (AvgIpc) is 2.60. The lowest BCUT2D eigenvalue weighted by Gasteiger charge is -2.49. The first-order valence-corrected chi connectivity index (χ1v) is 8.28. The minimum atomic E-state index is 0.390. The molecule has 0 aromatic rings. The Labute approximate surface area is 128 Å². The van der Waals surface area contributed by atoms with Gasteiger partial charge >= 0.3 is 0 Å². The van der Waals surface area contributed by atoms with Gasteiger partial charge in [-0.1, -0.05) is 0 Å². The van der Waals surface area contributed by atoms with Gasteiger partial charge in [-0.25, -0.2) is 0 Å². The molecule has 5 heteroatoms. The standard InChI is InChI=1S/C14H20IN3O/c15-10-1-4-14(16-5-10)17-6-11-2-3-12(7-17)18(11)13-8-19-9-13/h1,4-5,11-14,16H,2-3,6-9H2. The maximum absolute atomic E-state index is 5.38. The highest BCUT2D eigenvalue weighted by molar-refractivity contribution is 14.1. The number of fused-ring (bicyclic) bond motifs is 2. The summed E-state index contributed by atoms with van der Waals surface area (Å²) in [6, 6.07) is 2.19. The van der Waals surface area contributed by atoms with Crippen LogP contribution in [0.5, 0.6) is 0 Å². The second kappa shape index (κ2) is 5.02. The number of nitrogens with one attached hydrogen (secondary N) is 1. The van der Waals surface area contributed by atoms with Crippen LogP contribution in [0.4, 0.5) is 0 Å². The molecule has 3 atom stereocenters. The van der Waals surface area contributed by atoms with Crippen molar-refractivity contribution in [3.63, 3.8) is 0 Å². The van der Waals surface area contributed by atoms with Crippen molar-refractivity contribution in [2.75, 3.05) is 26.3 Å². The summed E-state index contributed by atoms with van der Waals surface area (Å²) in [5, 5.41) is 3.51. The van der Waals surface area contributed by atoms with Crippen LogP contribution in [0.1, 0.15) is 12.8 Å². The van der Waals surface area contributed by atoms with Crippen LogP contribution in [-0.4, -0.2) is 60.4 Å². The quantitative estimate of drug-likeness (QED) is 0.739. The summed E-state index contributed by atoms with van der Waals surface area (Å²) in [5.74, 6) is 0. The molecule has 3 fully saturated rings. The van der Waals surface area contributed by atoms with E-state index in [-0.39, 0.29) is 0 Å². The van der Waals surface area contributed by atoms with Crippen LogP contribution in [0.25, 0.3) is 0 Å². The van der Waals surface area contributed by atoms with E-state index in [4.69, 9.17) is 4.74 Å². The van der Waals surface area contributed by atoms with Gasteiger partial charge in [0.2, 0.25) is 0 Å². The first-order valence-electron chi connectivity index (χ1n) is 7.20. The number of likely N-dealkylation sites (tertiary alicyclic amines) is 1. The zero-order valence-electron chi connectivity index (χ0n) is 11.0. The van der Waals surface area contributed by atoms with Crippen molar-refractivity contribution in [3.8, 4) is 0 Å². The predicted molar refractivity (Wildman–Crippen MR) is 83.0 cm³/mol. The minimum absolute atomic E-state index is 0.390. The number of halogens is 1. The topological polar surface area (TPSA) is 27.7 Å². The summed E-state index contributed by atoms with van der Waals surface area (Å²) in [6.45, 7) is 4.30. The Balaban J connectivity index is 1.44. The van der Waals surface area contributed by atoms with Crippen molar-refractivity contribution in [1.82, 2.24) is 15.1 Å². The Morgan fingerprint density at radius 1 is 1.16 bits per heavy atom. The van der Waals surface area contributed by atoms with Gasteiger partial charge < -0.3 is 10.1 Å². The molecular weight excluding hydrogens is 353 g/mol. The first-order chi connectivity index (χ1) is 9.31. The molecule has 0 amide bonds. The SMILES string of the molecule is IC1=CNC(N2CC3CCC(C2)N3C2COC2)C=C1. The van der Waals surface area contributed by atoms with Crippen LogP contribution < -0.4 is 5.32 Å². The van der Waals surface area contributed by atoms with E-state index in [1.807, 2.05) is 0 Å². The van der Waals surface area contributed by atoms with E-state index >= 15 is 0 Å². The number of hydrogen-bond donors (Lipinski definition) is 1. The van der Waals surface area contributed by atoms with Gasteiger partial charge in [-0.15, -0.1) is 0 Å². The van der Waals surface area contributed by atoms with Crippen molar-refractivity contribution in [3.05, 3.63) is 21.9 Å². The Bertz CT molecular complexity index is 407. The molecular formula is C14H20IN3O. The Kier molecular flexibility index (Phi) is 3.33. The molecule has 0 aliphatic carbocycles. The van der Waals surface area contributed by atoms with Gasteiger partial charge in [-0.3, -0.25) is 9.80 Å². The highest BCUT2D eigenvalue weighted by atomic mass is 127. The molecule has 4 aliphatic heterocycles. The molecule has 104 valence electrons. The molecule has 0 spiro atoms. The Hall–Kier alpha value is -0.110. The fourth-order valence-corrected chi connectivity index (χ4v) is 4.25. The second-order valence-electron chi connectivity index (χ2n) is 5.98. The maximum Gasteiger partial charge on any atom is 0.0986 e. The van der Waals surface area contributed by atoms with Crippen LogP contribution in [0.15, 0.2) is 21.9 Å². The highest BCUT2D eigenvalue weighted by Crippen LogP contribution is 2.34. The van der Waals surface area contributed by atoms with Gasteiger partial charge in [0, 0.05) is 35.0 Å². The first kappa shape index (κ1) is 12.6. The van der Waals surface area contributed by atoms with Crippen molar-refractivity contribution in [2.24, 2.45) is 0 Å².